The summed E-state index contributed by atoms with van der Waals surface area (Å²) in [4.78, 5) is 23.4. The molecule has 2 N–H and O–H groups in total. The van der Waals surface area contributed by atoms with E-state index in [0.717, 1.165) is 11.1 Å². The first-order valence-corrected chi connectivity index (χ1v) is 8.06. The van der Waals surface area contributed by atoms with Crippen LogP contribution in [0.3, 0.4) is 0 Å². The molecule has 6 heteroatoms. The van der Waals surface area contributed by atoms with Crippen LogP contribution >= 0.6 is 0 Å². The van der Waals surface area contributed by atoms with Crippen molar-refractivity contribution in [1.29, 1.82) is 0 Å². The summed E-state index contributed by atoms with van der Waals surface area (Å²) < 4.78 is 10.4. The van der Waals surface area contributed by atoms with E-state index in [2.05, 4.69) is 10.6 Å². The quantitative estimate of drug-likeness (QED) is 0.750. The first-order chi connectivity index (χ1) is 12.5. The lowest BCUT2D eigenvalue weighted by Crippen LogP contribution is -2.19. The van der Waals surface area contributed by atoms with Gasteiger partial charge in [0.05, 0.1) is 20.6 Å². The fourth-order valence-electron chi connectivity index (χ4n) is 2.29. The molecule has 2 rings (SSSR count). The second kappa shape index (κ2) is 9.27. The number of rotatable bonds is 7. The molecule has 0 saturated carbocycles. The number of amides is 2. The summed E-state index contributed by atoms with van der Waals surface area (Å²) >= 11 is 0. The zero-order chi connectivity index (χ0) is 18.9. The van der Waals surface area contributed by atoms with E-state index in [1.807, 2.05) is 18.2 Å². The van der Waals surface area contributed by atoms with Gasteiger partial charge < -0.3 is 20.1 Å². The molecule has 0 aromatic heterocycles. The van der Waals surface area contributed by atoms with Crippen molar-refractivity contribution in [3.05, 3.63) is 59.7 Å². The molecule has 0 aliphatic carbocycles. The molecular formula is C20H22N2O4. The van der Waals surface area contributed by atoms with Gasteiger partial charge in [-0.25, -0.2) is 0 Å². The molecule has 0 atom stereocenters. The summed E-state index contributed by atoms with van der Waals surface area (Å²) in [6.45, 7) is 0. The van der Waals surface area contributed by atoms with E-state index in [1.54, 1.807) is 51.6 Å². The number of hydrogen-bond donors (Lipinski definition) is 2. The molecule has 0 aliphatic rings. The maximum Gasteiger partial charge on any atom is 0.248 e. The van der Waals surface area contributed by atoms with E-state index in [9.17, 15) is 9.59 Å². The fourth-order valence-corrected chi connectivity index (χ4v) is 2.29. The Bertz CT molecular complexity index is 798. The van der Waals surface area contributed by atoms with Crippen LogP contribution in [0.5, 0.6) is 11.5 Å². The third-order valence-corrected chi connectivity index (χ3v) is 3.70. The monoisotopic (exact) mass is 354 g/mol. The van der Waals surface area contributed by atoms with Crippen molar-refractivity contribution in [2.45, 2.75) is 6.42 Å². The van der Waals surface area contributed by atoms with Gasteiger partial charge in [-0.2, -0.15) is 0 Å². The molecule has 2 aromatic rings. The number of ether oxygens (including phenoxy) is 2. The largest absolute Gasteiger partial charge is 0.493 e. The zero-order valence-electron chi connectivity index (χ0n) is 15.0. The predicted molar refractivity (Wildman–Crippen MR) is 101 cm³/mol. The number of anilines is 1. The van der Waals surface area contributed by atoms with Gasteiger partial charge in [-0.05, 0) is 41.5 Å². The van der Waals surface area contributed by atoms with Crippen LogP contribution in [-0.2, 0) is 16.0 Å². The normalized spacial score (nSPS) is 10.4. The molecule has 0 aliphatic heterocycles. The highest BCUT2D eigenvalue weighted by Gasteiger charge is 2.04. The molecule has 0 spiro atoms. The molecule has 2 aromatic carbocycles. The Balaban J connectivity index is 1.97. The Morgan fingerprint density at radius 2 is 1.69 bits per heavy atom. The van der Waals surface area contributed by atoms with Crippen LogP contribution in [-0.4, -0.2) is 33.1 Å². The number of benzene rings is 2. The molecule has 0 bridgehead atoms. The van der Waals surface area contributed by atoms with Crippen molar-refractivity contribution >= 4 is 23.6 Å². The number of carbonyl (C=O) groups excluding carboxylic acids is 2. The van der Waals surface area contributed by atoms with E-state index < -0.39 is 0 Å². The Morgan fingerprint density at radius 3 is 2.31 bits per heavy atom. The second-order valence-corrected chi connectivity index (χ2v) is 5.48. The number of hydrogen-bond acceptors (Lipinski definition) is 4. The van der Waals surface area contributed by atoms with Crippen molar-refractivity contribution in [2.24, 2.45) is 0 Å². The molecular weight excluding hydrogens is 332 g/mol. The topological polar surface area (TPSA) is 76.7 Å². The third kappa shape index (κ3) is 5.37. The Hall–Kier alpha value is -3.28. The maximum atomic E-state index is 12.1. The average Bonchev–Trinajstić information content (AvgIpc) is 2.67. The van der Waals surface area contributed by atoms with Crippen LogP contribution in [0, 0.1) is 0 Å². The molecule has 0 saturated heterocycles. The standard InChI is InChI=1S/C20H22N2O4/c1-21-20(24)13-15-4-8-16(9-5-15)22-19(23)11-7-14-6-10-17(25-2)18(12-14)26-3/h4-12H,13H2,1-3H3,(H,21,24)(H,22,23)/b11-7+. The van der Waals surface area contributed by atoms with Gasteiger partial charge in [-0.1, -0.05) is 18.2 Å². The van der Waals surface area contributed by atoms with Crippen LogP contribution in [0.4, 0.5) is 5.69 Å². The summed E-state index contributed by atoms with van der Waals surface area (Å²) in [7, 11) is 4.73. The highest BCUT2D eigenvalue weighted by atomic mass is 16.5. The minimum absolute atomic E-state index is 0.0559. The molecule has 0 unspecified atom stereocenters. The third-order valence-electron chi connectivity index (χ3n) is 3.70. The molecule has 0 radical (unpaired) electrons. The highest BCUT2D eigenvalue weighted by molar-refractivity contribution is 6.02. The predicted octanol–water partition coefficient (Wildman–Crippen LogP) is 2.64. The SMILES string of the molecule is CNC(=O)Cc1ccc(NC(=O)/C=C/c2ccc(OC)c(OC)c2)cc1. The highest BCUT2D eigenvalue weighted by Crippen LogP contribution is 2.27. The molecule has 136 valence electrons. The van der Waals surface area contributed by atoms with E-state index in [-0.39, 0.29) is 11.8 Å². The van der Waals surface area contributed by atoms with Crippen LogP contribution in [0.1, 0.15) is 11.1 Å². The van der Waals surface area contributed by atoms with Crippen molar-refractivity contribution in [1.82, 2.24) is 5.32 Å². The Morgan fingerprint density at radius 1 is 1.00 bits per heavy atom. The number of likely N-dealkylation sites (N-methyl/N-ethyl adjacent to an activating group) is 1. The van der Waals surface area contributed by atoms with Gasteiger partial charge in [-0.3, -0.25) is 9.59 Å². The van der Waals surface area contributed by atoms with Gasteiger partial charge in [0.25, 0.3) is 0 Å². The van der Waals surface area contributed by atoms with Gasteiger partial charge in [0.1, 0.15) is 0 Å². The van der Waals surface area contributed by atoms with Gasteiger partial charge in [0.15, 0.2) is 11.5 Å². The maximum absolute atomic E-state index is 12.1. The fraction of sp³-hybridized carbons (Fsp3) is 0.200. The molecule has 0 heterocycles. The van der Waals surface area contributed by atoms with Crippen molar-refractivity contribution in [2.75, 3.05) is 26.6 Å². The van der Waals surface area contributed by atoms with Crippen LogP contribution in [0.2, 0.25) is 0 Å². The first-order valence-electron chi connectivity index (χ1n) is 8.06. The molecule has 6 nitrogen and oxygen atoms in total. The number of methoxy groups -OCH3 is 2. The minimum atomic E-state index is -0.251. The summed E-state index contributed by atoms with van der Waals surface area (Å²) in [6.07, 6.45) is 3.45. The van der Waals surface area contributed by atoms with E-state index in [1.165, 1.54) is 6.08 Å². The van der Waals surface area contributed by atoms with Crippen LogP contribution < -0.4 is 20.1 Å². The Labute approximate surface area is 152 Å². The summed E-state index contributed by atoms with van der Waals surface area (Å²) in [5, 5.41) is 5.35. The lowest BCUT2D eigenvalue weighted by atomic mass is 10.1. The second-order valence-electron chi connectivity index (χ2n) is 5.48. The molecule has 0 fully saturated rings. The van der Waals surface area contributed by atoms with Crippen molar-refractivity contribution in [3.63, 3.8) is 0 Å². The number of nitrogens with one attached hydrogen (secondary N) is 2. The lowest BCUT2D eigenvalue weighted by molar-refractivity contribution is -0.120. The zero-order valence-corrected chi connectivity index (χ0v) is 15.0. The van der Waals surface area contributed by atoms with E-state index >= 15 is 0 Å². The van der Waals surface area contributed by atoms with Crippen molar-refractivity contribution in [3.8, 4) is 11.5 Å². The average molecular weight is 354 g/mol. The van der Waals surface area contributed by atoms with Crippen molar-refractivity contribution < 1.29 is 19.1 Å². The smallest absolute Gasteiger partial charge is 0.248 e. The lowest BCUT2D eigenvalue weighted by Gasteiger charge is -2.07. The van der Waals surface area contributed by atoms with E-state index in [0.29, 0.717) is 23.6 Å². The molecule has 26 heavy (non-hydrogen) atoms. The van der Waals surface area contributed by atoms with Gasteiger partial charge in [-0.15, -0.1) is 0 Å². The van der Waals surface area contributed by atoms with Crippen LogP contribution in [0.15, 0.2) is 48.5 Å². The Kier molecular flexibility index (Phi) is 6.79. The summed E-state index contributed by atoms with van der Waals surface area (Å²) in [6, 6.07) is 12.5. The van der Waals surface area contributed by atoms with E-state index in [4.69, 9.17) is 9.47 Å². The summed E-state index contributed by atoms with van der Waals surface area (Å²) in [5.41, 5.74) is 2.36. The first kappa shape index (κ1) is 19.1. The minimum Gasteiger partial charge on any atom is -0.493 e. The summed E-state index contributed by atoms with van der Waals surface area (Å²) in [5.74, 6) is 0.922. The van der Waals surface area contributed by atoms with Crippen LogP contribution in [0.25, 0.3) is 6.08 Å². The van der Waals surface area contributed by atoms with Gasteiger partial charge >= 0.3 is 0 Å². The van der Waals surface area contributed by atoms with Gasteiger partial charge in [0, 0.05) is 18.8 Å². The van der Waals surface area contributed by atoms with Gasteiger partial charge in [0.2, 0.25) is 11.8 Å². The molecule has 2 amide bonds. The number of carbonyl (C=O) groups is 2.